The van der Waals surface area contributed by atoms with Crippen molar-refractivity contribution in [3.63, 3.8) is 0 Å². The second-order valence-corrected chi connectivity index (χ2v) is 18.4. The zero-order valence-electron chi connectivity index (χ0n) is 37.9. The summed E-state index contributed by atoms with van der Waals surface area (Å²) in [5.74, 6) is 0.424. The van der Waals surface area contributed by atoms with Crippen molar-refractivity contribution in [3.05, 3.63) is 230 Å². The van der Waals surface area contributed by atoms with E-state index in [-0.39, 0.29) is 0 Å². The largest absolute Gasteiger partial charge is 0.475 e. The summed E-state index contributed by atoms with van der Waals surface area (Å²) in [6.45, 7) is 0.753. The monoisotopic (exact) mass is 1030 g/mol. The minimum absolute atomic E-state index is 0.325. The van der Waals surface area contributed by atoms with Gasteiger partial charge >= 0.3 is 0 Å². The number of aryl methyl sites for hydroxylation is 2. The van der Waals surface area contributed by atoms with Gasteiger partial charge in [0.05, 0.1) is 69.7 Å². The summed E-state index contributed by atoms with van der Waals surface area (Å²) in [5.41, 5.74) is 5.06. The van der Waals surface area contributed by atoms with Crippen LogP contribution in [0.4, 0.5) is 0 Å². The predicted molar refractivity (Wildman–Crippen MR) is 280 cm³/mol. The van der Waals surface area contributed by atoms with Crippen LogP contribution in [-0.2, 0) is 30.0 Å². The van der Waals surface area contributed by atoms with E-state index in [1.54, 1.807) is 77.7 Å². The van der Waals surface area contributed by atoms with E-state index in [1.165, 1.54) is 0 Å². The first-order chi connectivity index (χ1) is 33.8. The fourth-order valence-corrected chi connectivity index (χ4v) is 9.89. The van der Waals surface area contributed by atoms with E-state index in [0.717, 1.165) is 11.1 Å². The molecule has 2 atom stereocenters. The Kier molecular flexibility index (Phi) is 14.3. The molecule has 10 rings (SSSR count). The van der Waals surface area contributed by atoms with Crippen molar-refractivity contribution in [2.45, 2.75) is 11.2 Å². The van der Waals surface area contributed by atoms with Crippen molar-refractivity contribution >= 4 is 79.8 Å². The number of ether oxygens (including phenoxy) is 2. The third-order valence-electron chi connectivity index (χ3n) is 12.2. The molecular weight excluding hydrogens is 986 g/mol. The van der Waals surface area contributed by atoms with Gasteiger partial charge in [0.25, 0.3) is 0 Å². The molecule has 0 aliphatic carbocycles. The van der Waals surface area contributed by atoms with Crippen molar-refractivity contribution < 1.29 is 19.7 Å². The number of aromatic nitrogens is 6. The maximum absolute atomic E-state index is 12.3. The van der Waals surface area contributed by atoms with Gasteiger partial charge in [-0.25, -0.2) is 19.9 Å². The number of imidazole rings is 2. The highest BCUT2D eigenvalue weighted by Gasteiger charge is 2.38. The Morgan fingerprint density at radius 3 is 1.39 bits per heavy atom. The van der Waals surface area contributed by atoms with Crippen LogP contribution in [0.1, 0.15) is 33.6 Å². The second kappa shape index (κ2) is 20.6. The highest BCUT2D eigenvalue weighted by molar-refractivity contribution is 6.42. The Hall–Kier alpha value is -6.31. The molecule has 6 aromatic carbocycles. The van der Waals surface area contributed by atoms with Crippen LogP contribution >= 0.6 is 58.0 Å². The lowest BCUT2D eigenvalue weighted by Gasteiger charge is -2.30. The van der Waals surface area contributed by atoms with E-state index in [4.69, 9.17) is 72.5 Å². The molecule has 70 heavy (non-hydrogen) atoms. The topological polar surface area (TPSA) is 120 Å². The van der Waals surface area contributed by atoms with E-state index in [1.807, 2.05) is 123 Å². The van der Waals surface area contributed by atoms with Gasteiger partial charge in [-0.05, 0) is 81.9 Å². The Morgan fingerprint density at radius 1 is 0.514 bits per heavy atom. The standard InChI is InChI=1S/C29H25Cl2N3O3.C26H18Cl3N3O/c1-34-18-32-17-25(34)29(35,20-8-11-22(30)12-9-20)21-10-13-24-23(16-21)27(31)26(19-6-4-3-5-7-19)28(33-24)37-15-14-36-2;1-32-15-30-14-22(32)26(33,17-7-10-19(27)11-8-17)18-9-12-21-20(13-18)24(28)23(25(29)31-21)16-5-3-2-4-6-16/h3-13,16-18,35H,14-15H2,1-2H3;2-15,33H,1H3. The summed E-state index contributed by atoms with van der Waals surface area (Å²) in [5, 5.41) is 28.3. The van der Waals surface area contributed by atoms with Crippen molar-refractivity contribution in [1.29, 1.82) is 0 Å². The minimum atomic E-state index is -1.52. The number of methoxy groups -OCH3 is 1. The molecule has 15 heteroatoms. The molecule has 4 heterocycles. The number of rotatable bonds is 12. The van der Waals surface area contributed by atoms with Gasteiger partial charge in [-0.2, -0.15) is 0 Å². The van der Waals surface area contributed by atoms with Gasteiger partial charge in [0.1, 0.15) is 11.8 Å². The predicted octanol–water partition coefficient (Wildman–Crippen LogP) is 13.1. The number of pyridine rings is 2. The van der Waals surface area contributed by atoms with E-state index in [0.29, 0.717) is 111 Å². The number of benzene rings is 6. The van der Waals surface area contributed by atoms with Gasteiger partial charge in [-0.15, -0.1) is 0 Å². The summed E-state index contributed by atoms with van der Waals surface area (Å²) in [7, 11) is 5.30. The van der Waals surface area contributed by atoms with Crippen LogP contribution in [0.2, 0.25) is 25.2 Å². The number of hydrogen-bond acceptors (Lipinski definition) is 8. The quantitative estimate of drug-likeness (QED) is 0.0917. The molecular formula is C55H43Cl5N6O4. The van der Waals surface area contributed by atoms with Crippen molar-refractivity contribution in [2.24, 2.45) is 14.1 Å². The summed E-state index contributed by atoms with van der Waals surface area (Å²) >= 11 is 32.7. The molecule has 0 aliphatic rings. The van der Waals surface area contributed by atoms with Crippen LogP contribution in [0.15, 0.2) is 171 Å². The van der Waals surface area contributed by atoms with Gasteiger partial charge in [-0.3, -0.25) is 0 Å². The Labute approximate surface area is 429 Å². The van der Waals surface area contributed by atoms with Crippen LogP contribution in [-0.4, -0.2) is 59.6 Å². The molecule has 0 spiro atoms. The minimum Gasteiger partial charge on any atom is -0.475 e. The van der Waals surface area contributed by atoms with Crippen LogP contribution in [0, 0.1) is 0 Å². The second-order valence-electron chi connectivity index (χ2n) is 16.4. The van der Waals surface area contributed by atoms with Crippen molar-refractivity contribution in [3.8, 4) is 28.1 Å². The maximum atomic E-state index is 12.3. The Morgan fingerprint density at radius 2 is 0.943 bits per heavy atom. The van der Waals surface area contributed by atoms with Crippen molar-refractivity contribution in [1.82, 2.24) is 29.1 Å². The van der Waals surface area contributed by atoms with Gasteiger partial charge in [0, 0.05) is 47.6 Å². The molecule has 10 aromatic rings. The van der Waals surface area contributed by atoms with Crippen LogP contribution < -0.4 is 4.74 Å². The summed E-state index contributed by atoms with van der Waals surface area (Å²) in [6, 6.07) is 44.7. The lowest BCUT2D eigenvalue weighted by Crippen LogP contribution is -2.31. The van der Waals surface area contributed by atoms with Gasteiger partial charge in [-0.1, -0.05) is 155 Å². The Balaban J connectivity index is 0.000000175. The molecule has 0 fully saturated rings. The van der Waals surface area contributed by atoms with E-state index in [2.05, 4.69) is 15.0 Å². The highest BCUT2D eigenvalue weighted by atomic mass is 35.5. The summed E-state index contributed by atoms with van der Waals surface area (Å²) in [4.78, 5) is 17.8. The van der Waals surface area contributed by atoms with Crippen LogP contribution in [0.3, 0.4) is 0 Å². The van der Waals surface area contributed by atoms with Gasteiger partial charge < -0.3 is 28.8 Å². The molecule has 352 valence electrons. The zero-order valence-corrected chi connectivity index (χ0v) is 41.6. The molecule has 0 saturated carbocycles. The molecule has 2 N–H and O–H groups in total. The lowest BCUT2D eigenvalue weighted by atomic mass is 9.83. The first-order valence-corrected chi connectivity index (χ1v) is 23.8. The van der Waals surface area contributed by atoms with Crippen molar-refractivity contribution in [2.75, 3.05) is 20.3 Å². The molecule has 0 amide bonds. The smallest absolute Gasteiger partial charge is 0.223 e. The van der Waals surface area contributed by atoms with Crippen LogP contribution in [0.5, 0.6) is 5.88 Å². The maximum Gasteiger partial charge on any atom is 0.223 e. The van der Waals surface area contributed by atoms with E-state index < -0.39 is 11.2 Å². The molecule has 0 saturated heterocycles. The van der Waals surface area contributed by atoms with E-state index >= 15 is 0 Å². The molecule has 0 aliphatic heterocycles. The number of hydrogen-bond donors (Lipinski definition) is 2. The summed E-state index contributed by atoms with van der Waals surface area (Å²) < 4.78 is 14.7. The third kappa shape index (κ3) is 9.25. The number of halogens is 5. The molecule has 2 unspecified atom stereocenters. The number of aliphatic hydroxyl groups is 2. The van der Waals surface area contributed by atoms with Gasteiger partial charge in [0.15, 0.2) is 11.2 Å². The fourth-order valence-electron chi connectivity index (χ4n) is 8.60. The fraction of sp³-hybridized carbons (Fsp3) is 0.127. The normalized spacial score (nSPS) is 13.1. The molecule has 10 nitrogen and oxygen atoms in total. The van der Waals surface area contributed by atoms with Gasteiger partial charge in [0.2, 0.25) is 5.88 Å². The average Bonchev–Trinajstić information content (AvgIpc) is 4.02. The highest BCUT2D eigenvalue weighted by Crippen LogP contribution is 2.45. The lowest BCUT2D eigenvalue weighted by molar-refractivity contribution is 0.117. The number of nitrogens with zero attached hydrogens (tertiary/aromatic N) is 6. The average molecular weight is 1030 g/mol. The van der Waals surface area contributed by atoms with E-state index in [9.17, 15) is 10.2 Å². The third-order valence-corrected chi connectivity index (χ3v) is 13.7. The zero-order chi connectivity index (χ0) is 49.2. The first-order valence-electron chi connectivity index (χ1n) is 21.9. The SMILES string of the molecule is COCCOc1nc2ccc(C(O)(c3ccc(Cl)cc3)c3cncn3C)cc2c(Cl)c1-c1ccccc1.Cn1cncc1C(O)(c1ccc(Cl)cc1)c1ccc2nc(Cl)c(-c3ccccc3)c(Cl)c2c1. The summed E-state index contributed by atoms with van der Waals surface area (Å²) in [6.07, 6.45) is 6.61. The first kappa shape index (κ1) is 48.7. The van der Waals surface area contributed by atoms with Crippen LogP contribution in [0.25, 0.3) is 44.1 Å². The molecule has 0 bridgehead atoms. The number of fused-ring (bicyclic) bond motifs is 2. The molecule has 0 radical (unpaired) electrons. The molecule has 4 aromatic heterocycles. The Bertz CT molecular complexity index is 3470.